The van der Waals surface area contributed by atoms with Crippen molar-refractivity contribution in [1.82, 2.24) is 10.2 Å². The number of nitrogens with zero attached hydrogens (tertiary/aromatic N) is 1. The minimum atomic E-state index is -0.567. The Morgan fingerprint density at radius 1 is 1.41 bits per heavy atom. The molecule has 0 spiro atoms. The van der Waals surface area contributed by atoms with Crippen molar-refractivity contribution in [1.29, 1.82) is 0 Å². The molecule has 1 aliphatic heterocycles. The number of esters is 1. The summed E-state index contributed by atoms with van der Waals surface area (Å²) in [5, 5.41) is 3.37. The summed E-state index contributed by atoms with van der Waals surface area (Å²) in [6.07, 6.45) is 5.70. The highest BCUT2D eigenvalue weighted by Crippen LogP contribution is 2.21. The van der Waals surface area contributed by atoms with Crippen LogP contribution in [0.25, 0.3) is 6.08 Å². The van der Waals surface area contributed by atoms with E-state index in [-0.39, 0.29) is 18.6 Å². The van der Waals surface area contributed by atoms with E-state index in [0.29, 0.717) is 26.1 Å². The van der Waals surface area contributed by atoms with E-state index < -0.39 is 17.6 Å². The fourth-order valence-electron chi connectivity index (χ4n) is 2.96. The number of ether oxygens (including phenoxy) is 2. The van der Waals surface area contributed by atoms with Crippen LogP contribution in [-0.2, 0) is 14.3 Å². The van der Waals surface area contributed by atoms with Gasteiger partial charge in [0.2, 0.25) is 0 Å². The van der Waals surface area contributed by atoms with Gasteiger partial charge in [-0.2, -0.15) is 0 Å². The van der Waals surface area contributed by atoms with E-state index in [0.717, 1.165) is 5.76 Å². The number of carbonyl (C=O) groups is 2. The second-order valence-corrected chi connectivity index (χ2v) is 7.51. The Morgan fingerprint density at radius 2 is 2.19 bits per heavy atom. The molecule has 1 amide bonds. The fourth-order valence-corrected chi connectivity index (χ4v) is 2.96. The molecule has 0 unspecified atom stereocenters. The van der Waals surface area contributed by atoms with Crippen LogP contribution in [0.2, 0.25) is 0 Å². The number of hydrogen-bond donors (Lipinski definition) is 1. The molecule has 0 saturated carbocycles. The number of rotatable bonds is 6. The van der Waals surface area contributed by atoms with Crippen molar-refractivity contribution >= 4 is 18.1 Å². The lowest BCUT2D eigenvalue weighted by atomic mass is 9.92. The summed E-state index contributed by atoms with van der Waals surface area (Å²) in [5.41, 5.74) is -0.567. The van der Waals surface area contributed by atoms with Crippen LogP contribution < -0.4 is 5.32 Å². The average molecular weight is 378 g/mol. The molecule has 1 aromatic heterocycles. The van der Waals surface area contributed by atoms with Gasteiger partial charge in [-0.1, -0.05) is 6.08 Å². The van der Waals surface area contributed by atoms with E-state index in [9.17, 15) is 9.59 Å². The quantitative estimate of drug-likeness (QED) is 0.766. The van der Waals surface area contributed by atoms with Crippen LogP contribution in [0.5, 0.6) is 0 Å². The summed E-state index contributed by atoms with van der Waals surface area (Å²) in [5.74, 6) is 0.0555. The van der Waals surface area contributed by atoms with Crippen molar-refractivity contribution in [3.05, 3.63) is 30.2 Å². The van der Waals surface area contributed by atoms with Crippen molar-refractivity contribution < 1.29 is 23.5 Å². The number of likely N-dealkylation sites (tertiary alicyclic amines) is 1. The van der Waals surface area contributed by atoms with Gasteiger partial charge in [-0.3, -0.25) is 4.79 Å². The molecule has 1 N–H and O–H groups in total. The number of furan rings is 1. The van der Waals surface area contributed by atoms with E-state index in [4.69, 9.17) is 13.9 Å². The molecule has 7 nitrogen and oxygen atoms in total. The van der Waals surface area contributed by atoms with Crippen LogP contribution in [0.3, 0.4) is 0 Å². The van der Waals surface area contributed by atoms with Gasteiger partial charge in [-0.05, 0) is 52.3 Å². The van der Waals surface area contributed by atoms with Crippen LogP contribution in [0.15, 0.2) is 28.9 Å². The number of nitrogens with one attached hydrogen (secondary N) is 1. The van der Waals surface area contributed by atoms with E-state index in [1.54, 1.807) is 18.1 Å². The molecule has 1 aliphatic rings. The lowest BCUT2D eigenvalue weighted by Gasteiger charge is -2.38. The van der Waals surface area contributed by atoms with E-state index in [2.05, 4.69) is 5.32 Å². The van der Waals surface area contributed by atoms with Gasteiger partial charge < -0.3 is 24.1 Å². The topological polar surface area (TPSA) is 81.0 Å². The highest BCUT2D eigenvalue weighted by Gasteiger charge is 2.38. The Labute approximate surface area is 160 Å². The highest BCUT2D eigenvalue weighted by atomic mass is 16.6. The molecule has 1 saturated heterocycles. The second-order valence-electron chi connectivity index (χ2n) is 7.51. The predicted molar refractivity (Wildman–Crippen MR) is 102 cm³/mol. The first kappa shape index (κ1) is 21.0. The maximum atomic E-state index is 12.4. The zero-order valence-corrected chi connectivity index (χ0v) is 16.6. The largest absolute Gasteiger partial charge is 0.466 e. The molecule has 2 rings (SSSR count). The first-order valence-corrected chi connectivity index (χ1v) is 9.38. The molecule has 1 aromatic rings. The third-order valence-corrected chi connectivity index (χ3v) is 4.18. The van der Waals surface area contributed by atoms with Crippen molar-refractivity contribution in [2.75, 3.05) is 26.2 Å². The molecule has 0 aliphatic carbocycles. The smallest absolute Gasteiger partial charge is 0.410 e. The average Bonchev–Trinajstić information content (AvgIpc) is 3.11. The maximum absolute atomic E-state index is 12.4. The van der Waals surface area contributed by atoms with Gasteiger partial charge in [0.25, 0.3) is 0 Å². The molecule has 0 radical (unpaired) electrons. The molecular formula is C20H30N2O5. The zero-order chi connectivity index (χ0) is 19.9. The predicted octanol–water partition coefficient (Wildman–Crippen LogP) is 3.07. The second kappa shape index (κ2) is 9.60. The molecule has 27 heavy (non-hydrogen) atoms. The summed E-state index contributed by atoms with van der Waals surface area (Å²) < 4.78 is 15.9. The van der Waals surface area contributed by atoms with Crippen LogP contribution in [0, 0.1) is 5.92 Å². The minimum absolute atomic E-state index is 0.0658. The molecule has 150 valence electrons. The van der Waals surface area contributed by atoms with Gasteiger partial charge in [0.05, 0.1) is 18.8 Å². The summed E-state index contributed by atoms with van der Waals surface area (Å²) in [6, 6.07) is 3.64. The Morgan fingerprint density at radius 3 is 2.81 bits per heavy atom. The summed E-state index contributed by atoms with van der Waals surface area (Å²) >= 11 is 0. The van der Waals surface area contributed by atoms with Crippen LogP contribution >= 0.6 is 0 Å². The third-order valence-electron chi connectivity index (χ3n) is 4.18. The lowest BCUT2D eigenvalue weighted by molar-refractivity contribution is -0.150. The SMILES string of the molecule is CCOC(=O)[C@H]1CN(C(=O)OC(C)(C)C)CC[C@H]1NCC=Cc1ccco1. The molecular weight excluding hydrogens is 348 g/mol. The normalized spacial score (nSPS) is 20.7. The monoisotopic (exact) mass is 378 g/mol. The zero-order valence-electron chi connectivity index (χ0n) is 16.6. The standard InChI is InChI=1S/C20H30N2O5/c1-5-25-18(23)16-14-22(19(24)27-20(2,3)4)12-10-17(16)21-11-6-8-15-9-7-13-26-15/h6-9,13,16-17,21H,5,10-12,14H2,1-4H3/t16-,17+/m0/s1. The number of carbonyl (C=O) groups excluding carboxylic acids is 2. The molecule has 7 heteroatoms. The van der Waals surface area contributed by atoms with Crippen molar-refractivity contribution in [2.24, 2.45) is 5.92 Å². The summed E-state index contributed by atoms with van der Waals surface area (Å²) in [6.45, 7) is 8.98. The van der Waals surface area contributed by atoms with Crippen LogP contribution in [-0.4, -0.2) is 54.8 Å². The number of amides is 1. The molecule has 0 aromatic carbocycles. The van der Waals surface area contributed by atoms with Gasteiger partial charge in [0, 0.05) is 25.7 Å². The Hall–Kier alpha value is -2.28. The maximum Gasteiger partial charge on any atom is 0.410 e. The molecule has 0 bridgehead atoms. The summed E-state index contributed by atoms with van der Waals surface area (Å²) in [4.78, 5) is 26.3. The third kappa shape index (κ3) is 6.75. The lowest BCUT2D eigenvalue weighted by Crippen LogP contribution is -2.54. The van der Waals surface area contributed by atoms with E-state index in [1.807, 2.05) is 45.1 Å². The molecule has 2 atom stereocenters. The highest BCUT2D eigenvalue weighted by molar-refractivity contribution is 5.75. The Balaban J connectivity index is 1.95. The first-order valence-electron chi connectivity index (χ1n) is 9.38. The Bertz CT molecular complexity index is 633. The first-order chi connectivity index (χ1) is 12.8. The minimum Gasteiger partial charge on any atom is -0.466 e. The van der Waals surface area contributed by atoms with E-state index in [1.165, 1.54) is 0 Å². The Kier molecular flexibility index (Phi) is 7.47. The van der Waals surface area contributed by atoms with Crippen molar-refractivity contribution in [3.63, 3.8) is 0 Å². The van der Waals surface area contributed by atoms with Crippen molar-refractivity contribution in [3.8, 4) is 0 Å². The van der Waals surface area contributed by atoms with E-state index >= 15 is 0 Å². The molecule has 1 fully saturated rings. The number of hydrogen-bond acceptors (Lipinski definition) is 6. The fraction of sp³-hybridized carbons (Fsp3) is 0.600. The van der Waals surface area contributed by atoms with Gasteiger partial charge in [-0.25, -0.2) is 4.79 Å². The van der Waals surface area contributed by atoms with Gasteiger partial charge in [0.15, 0.2) is 0 Å². The van der Waals surface area contributed by atoms with Gasteiger partial charge >= 0.3 is 12.1 Å². The van der Waals surface area contributed by atoms with Crippen LogP contribution in [0.4, 0.5) is 4.79 Å². The van der Waals surface area contributed by atoms with Gasteiger partial charge in [-0.15, -0.1) is 0 Å². The summed E-state index contributed by atoms with van der Waals surface area (Å²) in [7, 11) is 0. The van der Waals surface area contributed by atoms with Crippen molar-refractivity contribution in [2.45, 2.75) is 45.8 Å². The van der Waals surface area contributed by atoms with Crippen LogP contribution in [0.1, 0.15) is 39.9 Å². The number of piperidine rings is 1. The molecule has 2 heterocycles. The van der Waals surface area contributed by atoms with Gasteiger partial charge in [0.1, 0.15) is 11.4 Å².